The smallest absolute Gasteiger partial charge is 0.269 e. The Labute approximate surface area is 123 Å². The van der Waals surface area contributed by atoms with E-state index in [0.717, 1.165) is 0 Å². The molecule has 6 heteroatoms. The van der Waals surface area contributed by atoms with Gasteiger partial charge in [-0.05, 0) is 18.2 Å². The summed E-state index contributed by atoms with van der Waals surface area (Å²) in [6.45, 7) is 0.253. The van der Waals surface area contributed by atoms with E-state index in [-0.39, 0.29) is 18.2 Å². The maximum absolute atomic E-state index is 11.4. The Morgan fingerprint density at radius 1 is 1.45 bits per heavy atom. The zero-order valence-electron chi connectivity index (χ0n) is 10.9. The molecule has 0 aliphatic carbocycles. The molecule has 0 unspecified atom stereocenters. The van der Waals surface area contributed by atoms with Crippen molar-refractivity contribution in [2.45, 2.75) is 6.61 Å². The fourth-order valence-corrected chi connectivity index (χ4v) is 1.79. The van der Waals surface area contributed by atoms with Crippen LogP contribution in [0.25, 0.3) is 0 Å². The zero-order chi connectivity index (χ0) is 14.5. The van der Waals surface area contributed by atoms with Crippen molar-refractivity contribution >= 4 is 30.8 Å². The Balaban J connectivity index is 2.08. The predicted molar refractivity (Wildman–Crippen MR) is 78.8 cm³/mol. The Kier molecular flexibility index (Phi) is 4.63. The van der Waals surface area contributed by atoms with Gasteiger partial charge in [0, 0.05) is 18.8 Å². The fraction of sp³-hybridized carbons (Fsp3) is 0.143. The Hall–Kier alpha value is -2.01. The van der Waals surface area contributed by atoms with Gasteiger partial charge in [-0.3, -0.25) is 9.78 Å². The number of nitrogens with zero attached hydrogens (tertiary/aromatic N) is 1. The predicted octanol–water partition coefficient (Wildman–Crippen LogP) is 1.47. The lowest BCUT2D eigenvalue weighted by Crippen LogP contribution is -2.19. The van der Waals surface area contributed by atoms with Gasteiger partial charge in [-0.25, -0.2) is 0 Å². The van der Waals surface area contributed by atoms with Crippen molar-refractivity contribution in [3.05, 3.63) is 52.8 Å². The van der Waals surface area contributed by atoms with Crippen molar-refractivity contribution in [2.75, 3.05) is 7.05 Å². The first-order chi connectivity index (χ1) is 9.60. The molecule has 1 amide bonds. The molecule has 2 aromatic rings. The highest BCUT2D eigenvalue weighted by Gasteiger charge is 2.09. The van der Waals surface area contributed by atoms with Gasteiger partial charge in [0.15, 0.2) is 0 Å². The van der Waals surface area contributed by atoms with E-state index in [1.54, 1.807) is 24.3 Å². The summed E-state index contributed by atoms with van der Waals surface area (Å²) in [6, 6.07) is 8.62. The van der Waals surface area contributed by atoms with Crippen molar-refractivity contribution in [3.63, 3.8) is 0 Å². The second-order valence-electron chi connectivity index (χ2n) is 4.10. The van der Waals surface area contributed by atoms with Crippen molar-refractivity contribution in [1.82, 2.24) is 10.3 Å². The monoisotopic (exact) mass is 286 g/mol. The Morgan fingerprint density at radius 3 is 2.90 bits per heavy atom. The van der Waals surface area contributed by atoms with Gasteiger partial charge in [0.25, 0.3) is 5.91 Å². The zero-order valence-corrected chi connectivity index (χ0v) is 11.6. The average Bonchev–Trinajstić information content (AvgIpc) is 2.45. The van der Waals surface area contributed by atoms with Crippen LogP contribution < -0.4 is 15.5 Å². The summed E-state index contributed by atoms with van der Waals surface area (Å²) in [5.74, 6) is 0.367. The minimum atomic E-state index is -0.282. The van der Waals surface area contributed by atoms with E-state index in [1.807, 2.05) is 0 Å². The standard InChI is InChI=1S/C14H12BClN2O2/c1-17-14(19)13-6-12(16)9(7-18-13)8-20-11-4-2-3-10(15)5-11/h2-7H,8H2,1H3,(H,17,19). The molecule has 0 aliphatic rings. The number of ether oxygens (including phenoxy) is 1. The first kappa shape index (κ1) is 14.4. The van der Waals surface area contributed by atoms with Crippen LogP contribution in [0.15, 0.2) is 36.5 Å². The number of hydrogen-bond donors (Lipinski definition) is 1. The molecule has 1 heterocycles. The van der Waals surface area contributed by atoms with Gasteiger partial charge in [-0.15, -0.1) is 0 Å². The van der Waals surface area contributed by atoms with Gasteiger partial charge >= 0.3 is 0 Å². The van der Waals surface area contributed by atoms with Crippen molar-refractivity contribution in [3.8, 4) is 5.75 Å². The third kappa shape index (κ3) is 3.51. The number of halogens is 1. The van der Waals surface area contributed by atoms with Crippen LogP contribution >= 0.6 is 11.6 Å². The van der Waals surface area contributed by atoms with Crippen molar-refractivity contribution in [2.24, 2.45) is 0 Å². The first-order valence-electron chi connectivity index (χ1n) is 5.95. The highest BCUT2D eigenvalue weighted by atomic mass is 35.5. The number of amides is 1. The molecule has 2 rings (SSSR count). The summed E-state index contributed by atoms with van der Waals surface area (Å²) >= 11 is 6.10. The van der Waals surface area contributed by atoms with Crippen LogP contribution in [0.5, 0.6) is 5.75 Å². The maximum Gasteiger partial charge on any atom is 0.269 e. The maximum atomic E-state index is 11.4. The van der Waals surface area contributed by atoms with E-state index in [2.05, 4.69) is 10.3 Å². The topological polar surface area (TPSA) is 51.2 Å². The molecule has 0 atom stereocenters. The van der Waals surface area contributed by atoms with Gasteiger partial charge in [0.1, 0.15) is 25.9 Å². The number of carbonyl (C=O) groups is 1. The van der Waals surface area contributed by atoms with E-state index in [9.17, 15) is 4.79 Å². The van der Waals surface area contributed by atoms with E-state index < -0.39 is 0 Å². The summed E-state index contributed by atoms with van der Waals surface area (Å²) in [4.78, 5) is 15.5. The second kappa shape index (κ2) is 6.43. The lowest BCUT2D eigenvalue weighted by Gasteiger charge is -2.09. The summed E-state index contributed by atoms with van der Waals surface area (Å²) < 4.78 is 5.58. The highest BCUT2D eigenvalue weighted by molar-refractivity contribution is 6.32. The minimum Gasteiger partial charge on any atom is -0.489 e. The Morgan fingerprint density at radius 2 is 2.25 bits per heavy atom. The summed E-state index contributed by atoms with van der Waals surface area (Å²) in [6.07, 6.45) is 1.53. The van der Waals surface area contributed by atoms with Gasteiger partial charge in [0.05, 0.1) is 5.02 Å². The Bertz CT molecular complexity index is 634. The van der Waals surface area contributed by atoms with Crippen LogP contribution in [0.3, 0.4) is 0 Å². The molecule has 1 aromatic carbocycles. The largest absolute Gasteiger partial charge is 0.489 e. The molecular formula is C14H12BClN2O2. The number of benzene rings is 1. The number of nitrogens with one attached hydrogen (secondary N) is 1. The molecule has 0 bridgehead atoms. The fourth-order valence-electron chi connectivity index (χ4n) is 1.58. The van der Waals surface area contributed by atoms with E-state index >= 15 is 0 Å². The van der Waals surface area contributed by atoms with Crippen LogP contribution in [0, 0.1) is 0 Å². The third-order valence-electron chi connectivity index (χ3n) is 2.64. The average molecular weight is 287 g/mol. The second-order valence-corrected chi connectivity index (χ2v) is 4.51. The molecule has 0 saturated heterocycles. The number of aromatic nitrogens is 1. The molecule has 4 nitrogen and oxygen atoms in total. The number of pyridine rings is 1. The SMILES string of the molecule is [B]c1cccc(OCc2cnc(C(=O)NC)cc2Cl)c1. The molecular weight excluding hydrogens is 274 g/mol. The van der Waals surface area contributed by atoms with E-state index in [0.29, 0.717) is 21.8 Å². The molecule has 1 aromatic heterocycles. The molecule has 20 heavy (non-hydrogen) atoms. The lowest BCUT2D eigenvalue weighted by molar-refractivity contribution is 0.0958. The third-order valence-corrected chi connectivity index (χ3v) is 2.99. The van der Waals surface area contributed by atoms with Crippen LogP contribution in [-0.2, 0) is 6.61 Å². The van der Waals surface area contributed by atoms with Crippen molar-refractivity contribution in [1.29, 1.82) is 0 Å². The van der Waals surface area contributed by atoms with E-state index in [1.165, 1.54) is 19.3 Å². The first-order valence-corrected chi connectivity index (χ1v) is 6.33. The number of rotatable bonds is 4. The normalized spacial score (nSPS) is 10.1. The van der Waals surface area contributed by atoms with Gasteiger partial charge in [-0.1, -0.05) is 29.2 Å². The quantitative estimate of drug-likeness (QED) is 0.866. The highest BCUT2D eigenvalue weighted by Crippen LogP contribution is 2.18. The van der Waals surface area contributed by atoms with Crippen LogP contribution in [0.4, 0.5) is 0 Å². The van der Waals surface area contributed by atoms with Crippen LogP contribution in [0.1, 0.15) is 16.1 Å². The number of hydrogen-bond acceptors (Lipinski definition) is 3. The summed E-state index contributed by atoms with van der Waals surface area (Å²) in [7, 11) is 7.20. The van der Waals surface area contributed by atoms with Gasteiger partial charge < -0.3 is 10.1 Å². The molecule has 1 N–H and O–H groups in total. The lowest BCUT2D eigenvalue weighted by atomic mass is 9.96. The van der Waals surface area contributed by atoms with Gasteiger partial charge in [0.2, 0.25) is 0 Å². The molecule has 0 spiro atoms. The number of carbonyl (C=O) groups excluding carboxylic acids is 1. The molecule has 0 fully saturated rings. The van der Waals surface area contributed by atoms with Gasteiger partial charge in [-0.2, -0.15) is 0 Å². The molecule has 0 saturated carbocycles. The summed E-state index contributed by atoms with van der Waals surface area (Å²) in [5, 5.41) is 2.92. The molecule has 2 radical (unpaired) electrons. The molecule has 0 aliphatic heterocycles. The summed E-state index contributed by atoms with van der Waals surface area (Å²) in [5.41, 5.74) is 1.59. The minimum absolute atomic E-state index is 0.253. The molecule has 100 valence electrons. The van der Waals surface area contributed by atoms with Crippen molar-refractivity contribution < 1.29 is 9.53 Å². The van der Waals surface area contributed by atoms with Crippen LogP contribution in [-0.4, -0.2) is 25.8 Å². The van der Waals surface area contributed by atoms with Crippen LogP contribution in [0.2, 0.25) is 5.02 Å². The van der Waals surface area contributed by atoms with E-state index in [4.69, 9.17) is 24.2 Å².